The van der Waals surface area contributed by atoms with E-state index in [9.17, 15) is 4.79 Å². The topological polar surface area (TPSA) is 95.6 Å². The summed E-state index contributed by atoms with van der Waals surface area (Å²) in [5.41, 5.74) is 2.64. The van der Waals surface area contributed by atoms with Crippen molar-refractivity contribution in [1.82, 2.24) is 24.4 Å². The van der Waals surface area contributed by atoms with Gasteiger partial charge in [-0.05, 0) is 24.3 Å². The molecule has 0 atom stereocenters. The average molecular weight is 439 g/mol. The lowest BCUT2D eigenvalue weighted by atomic mass is 10.1. The van der Waals surface area contributed by atoms with Crippen LogP contribution in [0.5, 0.6) is 5.75 Å². The van der Waals surface area contributed by atoms with Gasteiger partial charge in [-0.3, -0.25) is 9.48 Å². The normalized spacial score (nSPS) is 13.9. The van der Waals surface area contributed by atoms with Gasteiger partial charge in [-0.1, -0.05) is 11.6 Å². The van der Waals surface area contributed by atoms with E-state index < -0.39 is 0 Å². The zero-order chi connectivity index (χ0) is 21.4. The van der Waals surface area contributed by atoms with Gasteiger partial charge in [0, 0.05) is 41.6 Å². The number of hydrogen-bond acceptors (Lipinski definition) is 6. The standard InChI is InChI=1S/C21H19ClN6O3/c1-30-18-4-3-14(22)7-15(18)19-17(10-27(26-19)9-13-11-31-12-13)25-21(29)16-8-24-28-6-2-5-23-20(16)28/h2-8,10,13H,9,11-12H2,1H3,(H,25,29). The van der Waals surface area contributed by atoms with Crippen molar-refractivity contribution in [3.63, 3.8) is 0 Å². The number of halogens is 1. The number of aromatic nitrogens is 5. The Balaban J connectivity index is 1.53. The average Bonchev–Trinajstić information content (AvgIpc) is 3.35. The molecule has 5 rings (SSSR count). The molecule has 31 heavy (non-hydrogen) atoms. The van der Waals surface area contributed by atoms with Crippen molar-refractivity contribution < 1.29 is 14.3 Å². The molecule has 0 radical (unpaired) electrons. The molecule has 0 spiro atoms. The number of methoxy groups -OCH3 is 1. The van der Waals surface area contributed by atoms with Crippen LogP contribution in [-0.4, -0.2) is 50.6 Å². The number of carbonyl (C=O) groups is 1. The first-order valence-corrected chi connectivity index (χ1v) is 10.1. The molecule has 0 unspecified atom stereocenters. The molecule has 3 aromatic heterocycles. The lowest BCUT2D eigenvalue weighted by molar-refractivity contribution is -0.0408. The second-order valence-corrected chi connectivity index (χ2v) is 7.70. The summed E-state index contributed by atoms with van der Waals surface area (Å²) in [6, 6.07) is 7.04. The SMILES string of the molecule is COc1ccc(Cl)cc1-c1nn(CC2COC2)cc1NC(=O)c1cnn2cccnc12. The van der Waals surface area contributed by atoms with Crippen LogP contribution < -0.4 is 10.1 Å². The molecular weight excluding hydrogens is 420 g/mol. The highest BCUT2D eigenvalue weighted by Crippen LogP contribution is 2.36. The summed E-state index contributed by atoms with van der Waals surface area (Å²) in [6.45, 7) is 2.08. The third-order valence-corrected chi connectivity index (χ3v) is 5.34. The molecule has 1 amide bonds. The summed E-state index contributed by atoms with van der Waals surface area (Å²) in [6.07, 6.45) is 6.66. The van der Waals surface area contributed by atoms with Gasteiger partial charge in [-0.15, -0.1) is 0 Å². The van der Waals surface area contributed by atoms with Gasteiger partial charge in [0.25, 0.3) is 5.91 Å². The number of amides is 1. The van der Waals surface area contributed by atoms with Gasteiger partial charge in [-0.2, -0.15) is 10.2 Å². The Morgan fingerprint density at radius 1 is 1.39 bits per heavy atom. The van der Waals surface area contributed by atoms with Crippen molar-refractivity contribution in [3.8, 4) is 17.0 Å². The summed E-state index contributed by atoms with van der Waals surface area (Å²) < 4.78 is 14.1. The van der Waals surface area contributed by atoms with Gasteiger partial charge in [0.2, 0.25) is 0 Å². The number of hydrogen-bond donors (Lipinski definition) is 1. The minimum atomic E-state index is -0.331. The molecule has 1 aromatic carbocycles. The van der Waals surface area contributed by atoms with E-state index in [0.717, 1.165) is 0 Å². The number of anilines is 1. The second-order valence-electron chi connectivity index (χ2n) is 7.26. The predicted octanol–water partition coefficient (Wildman–Crippen LogP) is 3.15. The summed E-state index contributed by atoms with van der Waals surface area (Å²) in [7, 11) is 1.58. The predicted molar refractivity (Wildman–Crippen MR) is 114 cm³/mol. The second kappa shape index (κ2) is 8.01. The number of benzene rings is 1. The Labute approximate surface area is 182 Å². The number of nitrogens with zero attached hydrogens (tertiary/aromatic N) is 5. The van der Waals surface area contributed by atoms with E-state index in [4.69, 9.17) is 26.2 Å². The zero-order valence-electron chi connectivity index (χ0n) is 16.7. The van der Waals surface area contributed by atoms with Crippen LogP contribution >= 0.6 is 11.6 Å². The first kappa shape index (κ1) is 19.5. The number of rotatable bonds is 6. The van der Waals surface area contributed by atoms with Crippen LogP contribution in [-0.2, 0) is 11.3 Å². The molecule has 0 saturated carbocycles. The first-order valence-electron chi connectivity index (χ1n) is 9.71. The van der Waals surface area contributed by atoms with E-state index in [0.29, 0.717) is 64.6 Å². The molecule has 1 aliphatic heterocycles. The van der Waals surface area contributed by atoms with Crippen LogP contribution in [0, 0.1) is 5.92 Å². The Morgan fingerprint density at radius 3 is 3.03 bits per heavy atom. The van der Waals surface area contributed by atoms with E-state index in [1.165, 1.54) is 6.20 Å². The molecule has 1 saturated heterocycles. The summed E-state index contributed by atoms with van der Waals surface area (Å²) in [5.74, 6) is 0.665. The summed E-state index contributed by atoms with van der Waals surface area (Å²) in [5, 5.41) is 12.4. The van der Waals surface area contributed by atoms with E-state index in [1.54, 1.807) is 48.3 Å². The fourth-order valence-corrected chi connectivity index (χ4v) is 3.67. The van der Waals surface area contributed by atoms with Gasteiger partial charge < -0.3 is 14.8 Å². The molecule has 1 aliphatic rings. The minimum Gasteiger partial charge on any atom is -0.496 e. The third-order valence-electron chi connectivity index (χ3n) is 5.10. The van der Waals surface area contributed by atoms with Crippen molar-refractivity contribution in [2.75, 3.05) is 25.6 Å². The largest absolute Gasteiger partial charge is 0.496 e. The van der Waals surface area contributed by atoms with Crippen LogP contribution in [0.3, 0.4) is 0 Å². The van der Waals surface area contributed by atoms with Gasteiger partial charge in [0.15, 0.2) is 5.65 Å². The van der Waals surface area contributed by atoms with Gasteiger partial charge >= 0.3 is 0 Å². The quantitative estimate of drug-likeness (QED) is 0.497. The smallest absolute Gasteiger partial charge is 0.261 e. The van der Waals surface area contributed by atoms with Crippen LogP contribution in [0.1, 0.15) is 10.4 Å². The van der Waals surface area contributed by atoms with E-state index in [1.807, 2.05) is 10.9 Å². The Kier molecular flexibility index (Phi) is 5.05. The minimum absolute atomic E-state index is 0.331. The van der Waals surface area contributed by atoms with Gasteiger partial charge in [0.05, 0.1) is 32.2 Å². The van der Waals surface area contributed by atoms with E-state index in [-0.39, 0.29) is 5.91 Å². The van der Waals surface area contributed by atoms with E-state index >= 15 is 0 Å². The van der Waals surface area contributed by atoms with Gasteiger partial charge in [0.1, 0.15) is 17.0 Å². The van der Waals surface area contributed by atoms with Crippen molar-refractivity contribution in [3.05, 3.63) is 59.6 Å². The Bertz CT molecular complexity index is 1260. The maximum Gasteiger partial charge on any atom is 0.261 e. The highest BCUT2D eigenvalue weighted by Gasteiger charge is 2.23. The lowest BCUT2D eigenvalue weighted by Gasteiger charge is -2.25. The van der Waals surface area contributed by atoms with Crippen LogP contribution in [0.4, 0.5) is 5.69 Å². The monoisotopic (exact) mass is 438 g/mol. The van der Waals surface area contributed by atoms with Crippen LogP contribution in [0.2, 0.25) is 5.02 Å². The summed E-state index contributed by atoms with van der Waals surface area (Å²) in [4.78, 5) is 17.3. The van der Waals surface area contributed by atoms with Gasteiger partial charge in [-0.25, -0.2) is 9.50 Å². The molecule has 158 valence electrons. The highest BCUT2D eigenvalue weighted by atomic mass is 35.5. The maximum absolute atomic E-state index is 13.1. The fraction of sp³-hybridized carbons (Fsp3) is 0.238. The third kappa shape index (κ3) is 3.73. The maximum atomic E-state index is 13.1. The molecular formula is C21H19ClN6O3. The first-order chi connectivity index (χ1) is 15.1. The van der Waals surface area contributed by atoms with Crippen LogP contribution in [0.25, 0.3) is 16.9 Å². The molecule has 9 nitrogen and oxygen atoms in total. The molecule has 0 aliphatic carbocycles. The van der Waals surface area contributed by atoms with E-state index in [2.05, 4.69) is 15.4 Å². The van der Waals surface area contributed by atoms with Crippen LogP contribution in [0.15, 0.2) is 49.1 Å². The number of ether oxygens (including phenoxy) is 2. The van der Waals surface area contributed by atoms with Crippen molar-refractivity contribution in [2.24, 2.45) is 5.92 Å². The molecule has 4 aromatic rings. The molecule has 0 bridgehead atoms. The lowest BCUT2D eigenvalue weighted by Crippen LogP contribution is -2.31. The summed E-state index contributed by atoms with van der Waals surface area (Å²) >= 11 is 6.24. The fourth-order valence-electron chi connectivity index (χ4n) is 3.50. The highest BCUT2D eigenvalue weighted by molar-refractivity contribution is 6.31. The van der Waals surface area contributed by atoms with Crippen molar-refractivity contribution >= 4 is 28.8 Å². The Morgan fingerprint density at radius 2 is 2.26 bits per heavy atom. The molecule has 1 N–H and O–H groups in total. The number of nitrogens with one attached hydrogen (secondary N) is 1. The number of carbonyl (C=O) groups excluding carboxylic acids is 1. The Hall–Kier alpha value is -3.43. The van der Waals surface area contributed by atoms with Crippen molar-refractivity contribution in [2.45, 2.75) is 6.54 Å². The molecule has 4 heterocycles. The van der Waals surface area contributed by atoms with Crippen molar-refractivity contribution in [1.29, 1.82) is 0 Å². The number of fused-ring (bicyclic) bond motifs is 1. The zero-order valence-corrected chi connectivity index (χ0v) is 17.4. The molecule has 1 fully saturated rings. The molecule has 10 heteroatoms.